The molecule has 1 aliphatic rings. The summed E-state index contributed by atoms with van der Waals surface area (Å²) in [6.07, 6.45) is 3.07. The van der Waals surface area contributed by atoms with Gasteiger partial charge in [0.25, 0.3) is 0 Å². The number of nitrogens with one attached hydrogen (secondary N) is 2. The quantitative estimate of drug-likeness (QED) is 0.550. The summed E-state index contributed by atoms with van der Waals surface area (Å²) < 4.78 is 31.2. The van der Waals surface area contributed by atoms with Crippen molar-refractivity contribution in [3.05, 3.63) is 30.1 Å². The molecular weight excluding hydrogens is 358 g/mol. The van der Waals surface area contributed by atoms with Crippen LogP contribution in [0.5, 0.6) is 0 Å². The number of sulfonamides is 1. The number of hydrogen-bond acceptors (Lipinski definition) is 6. The normalized spacial score (nSPS) is 23.5. The lowest BCUT2D eigenvalue weighted by molar-refractivity contribution is -0.127. The first kappa shape index (κ1) is 20.8. The molecule has 2 heterocycles. The molecule has 0 aromatic carbocycles. The van der Waals surface area contributed by atoms with Crippen LogP contribution in [0.25, 0.3) is 0 Å². The van der Waals surface area contributed by atoms with Crippen LogP contribution >= 0.6 is 0 Å². The Balaban J connectivity index is 1.79. The van der Waals surface area contributed by atoms with Gasteiger partial charge in [-0.25, -0.2) is 13.1 Å². The highest BCUT2D eigenvalue weighted by atomic mass is 32.2. The number of carbonyl (C=O) groups excluding carboxylic acids is 1. The number of hydrogen-bond donors (Lipinski definition) is 3. The van der Waals surface area contributed by atoms with E-state index in [2.05, 4.69) is 15.0 Å². The minimum atomic E-state index is -3.21. The largest absolute Gasteiger partial charge is 0.394 e. The summed E-state index contributed by atoms with van der Waals surface area (Å²) in [6.45, 7) is 1.68. The highest BCUT2D eigenvalue weighted by Gasteiger charge is 2.31. The van der Waals surface area contributed by atoms with E-state index in [-0.39, 0.29) is 36.8 Å². The average molecular weight is 385 g/mol. The summed E-state index contributed by atoms with van der Waals surface area (Å²) in [4.78, 5) is 16.3. The SMILES string of the molecule is CCS(=O)(=O)NCC[C@@H]1CC[C@H](NC(=O)Cc2ccccn2)[C@@H](CO)O1. The van der Waals surface area contributed by atoms with Crippen LogP contribution in [0.15, 0.2) is 24.4 Å². The highest BCUT2D eigenvalue weighted by molar-refractivity contribution is 7.89. The highest BCUT2D eigenvalue weighted by Crippen LogP contribution is 2.21. The molecule has 1 saturated heterocycles. The molecule has 0 bridgehead atoms. The second kappa shape index (κ2) is 9.96. The van der Waals surface area contributed by atoms with Crippen molar-refractivity contribution in [3.63, 3.8) is 0 Å². The van der Waals surface area contributed by atoms with Gasteiger partial charge in [0.1, 0.15) is 6.10 Å². The van der Waals surface area contributed by atoms with Gasteiger partial charge in [0.2, 0.25) is 15.9 Å². The van der Waals surface area contributed by atoms with E-state index in [1.165, 1.54) is 0 Å². The molecule has 0 unspecified atom stereocenters. The smallest absolute Gasteiger partial charge is 0.226 e. The molecule has 0 radical (unpaired) electrons. The Kier molecular flexibility index (Phi) is 7.95. The number of carbonyl (C=O) groups is 1. The molecule has 1 aromatic rings. The number of aliphatic hydroxyl groups excluding tert-OH is 1. The summed E-state index contributed by atoms with van der Waals surface area (Å²) in [6, 6.07) is 5.14. The predicted octanol–water partition coefficient (Wildman–Crippen LogP) is -0.0218. The van der Waals surface area contributed by atoms with Gasteiger partial charge in [-0.15, -0.1) is 0 Å². The van der Waals surface area contributed by atoms with Crippen LogP contribution in [-0.2, 0) is 26.0 Å². The maximum atomic E-state index is 12.2. The molecule has 0 spiro atoms. The fraction of sp³-hybridized carbons (Fsp3) is 0.647. The topological polar surface area (TPSA) is 118 Å². The monoisotopic (exact) mass is 385 g/mol. The van der Waals surface area contributed by atoms with Gasteiger partial charge in [-0.05, 0) is 38.3 Å². The van der Waals surface area contributed by atoms with Crippen LogP contribution in [-0.4, -0.2) is 61.6 Å². The lowest BCUT2D eigenvalue weighted by atomic mass is 9.97. The minimum Gasteiger partial charge on any atom is -0.394 e. The van der Waals surface area contributed by atoms with E-state index in [0.717, 1.165) is 0 Å². The van der Waals surface area contributed by atoms with Crippen molar-refractivity contribution < 1.29 is 23.1 Å². The Hall–Kier alpha value is -1.55. The number of ether oxygens (including phenoxy) is 1. The first-order valence-electron chi connectivity index (χ1n) is 8.86. The zero-order chi connectivity index (χ0) is 19.0. The van der Waals surface area contributed by atoms with E-state index in [0.29, 0.717) is 31.5 Å². The van der Waals surface area contributed by atoms with Gasteiger partial charge >= 0.3 is 0 Å². The minimum absolute atomic E-state index is 0.0438. The Labute approximate surface area is 154 Å². The third-order valence-electron chi connectivity index (χ3n) is 4.38. The maximum Gasteiger partial charge on any atom is 0.226 e. The van der Waals surface area contributed by atoms with Crippen molar-refractivity contribution >= 4 is 15.9 Å². The van der Waals surface area contributed by atoms with Gasteiger partial charge in [-0.3, -0.25) is 9.78 Å². The van der Waals surface area contributed by atoms with Crippen molar-refractivity contribution in [2.45, 2.75) is 50.9 Å². The van der Waals surface area contributed by atoms with Crippen LogP contribution in [0.3, 0.4) is 0 Å². The Bertz CT molecular complexity index is 668. The number of pyridine rings is 1. The molecule has 3 atom stereocenters. The number of aromatic nitrogens is 1. The van der Waals surface area contributed by atoms with Crippen molar-refractivity contribution in [2.75, 3.05) is 18.9 Å². The van der Waals surface area contributed by atoms with Crippen molar-refractivity contribution in [2.24, 2.45) is 0 Å². The second-order valence-electron chi connectivity index (χ2n) is 6.31. The van der Waals surface area contributed by atoms with Gasteiger partial charge in [0.05, 0.1) is 30.9 Å². The Morgan fingerprint density at radius 3 is 2.85 bits per heavy atom. The number of nitrogens with zero attached hydrogens (tertiary/aromatic N) is 1. The molecule has 9 heteroatoms. The fourth-order valence-corrected chi connectivity index (χ4v) is 3.54. The van der Waals surface area contributed by atoms with Crippen LogP contribution in [0.4, 0.5) is 0 Å². The molecule has 26 heavy (non-hydrogen) atoms. The molecule has 0 aliphatic carbocycles. The van der Waals surface area contributed by atoms with Crippen molar-refractivity contribution in [1.29, 1.82) is 0 Å². The van der Waals surface area contributed by atoms with E-state index in [1.54, 1.807) is 25.3 Å². The van der Waals surface area contributed by atoms with E-state index in [1.807, 2.05) is 6.07 Å². The third-order valence-corrected chi connectivity index (χ3v) is 5.78. The van der Waals surface area contributed by atoms with Crippen LogP contribution in [0.2, 0.25) is 0 Å². The summed E-state index contributed by atoms with van der Waals surface area (Å²) in [7, 11) is -3.21. The van der Waals surface area contributed by atoms with E-state index < -0.39 is 16.1 Å². The molecule has 1 aliphatic heterocycles. The summed E-state index contributed by atoms with van der Waals surface area (Å²) in [5, 5.41) is 12.5. The standard InChI is InChI=1S/C17H27N3O5S/c1-2-26(23,24)19-10-8-14-6-7-15(16(12-21)25-14)20-17(22)11-13-5-3-4-9-18-13/h3-5,9,14-16,19,21H,2,6-8,10-12H2,1H3,(H,20,22)/t14-,15-,16+/m0/s1. The lowest BCUT2D eigenvalue weighted by Gasteiger charge is -2.36. The Morgan fingerprint density at radius 2 is 2.19 bits per heavy atom. The summed E-state index contributed by atoms with van der Waals surface area (Å²) in [5.41, 5.74) is 0.684. The molecule has 3 N–H and O–H groups in total. The molecule has 1 fully saturated rings. The molecule has 2 rings (SSSR count). The van der Waals surface area contributed by atoms with Gasteiger partial charge in [-0.1, -0.05) is 6.07 Å². The van der Waals surface area contributed by atoms with Gasteiger partial charge in [0, 0.05) is 18.4 Å². The molecule has 8 nitrogen and oxygen atoms in total. The van der Waals surface area contributed by atoms with Crippen LogP contribution < -0.4 is 10.0 Å². The van der Waals surface area contributed by atoms with E-state index in [9.17, 15) is 18.3 Å². The first-order chi connectivity index (χ1) is 12.4. The third kappa shape index (κ3) is 6.64. The van der Waals surface area contributed by atoms with Gasteiger partial charge in [0.15, 0.2) is 0 Å². The maximum absolute atomic E-state index is 12.2. The average Bonchev–Trinajstić information content (AvgIpc) is 2.63. The lowest BCUT2D eigenvalue weighted by Crippen LogP contribution is -2.51. The number of amides is 1. The first-order valence-corrected chi connectivity index (χ1v) is 10.5. The van der Waals surface area contributed by atoms with Crippen molar-refractivity contribution in [3.8, 4) is 0 Å². The zero-order valence-electron chi connectivity index (χ0n) is 14.9. The molecule has 0 saturated carbocycles. The molecule has 146 valence electrons. The molecular formula is C17H27N3O5S. The predicted molar refractivity (Wildman–Crippen MR) is 96.9 cm³/mol. The van der Waals surface area contributed by atoms with Gasteiger partial charge < -0.3 is 15.2 Å². The zero-order valence-corrected chi connectivity index (χ0v) is 15.7. The Morgan fingerprint density at radius 1 is 1.38 bits per heavy atom. The van der Waals surface area contributed by atoms with E-state index >= 15 is 0 Å². The van der Waals surface area contributed by atoms with Crippen LogP contribution in [0.1, 0.15) is 31.9 Å². The van der Waals surface area contributed by atoms with Gasteiger partial charge in [-0.2, -0.15) is 0 Å². The second-order valence-corrected chi connectivity index (χ2v) is 8.41. The number of aliphatic hydroxyl groups is 1. The van der Waals surface area contributed by atoms with Crippen molar-refractivity contribution in [1.82, 2.24) is 15.0 Å². The molecule has 1 amide bonds. The van der Waals surface area contributed by atoms with E-state index in [4.69, 9.17) is 4.74 Å². The summed E-state index contributed by atoms with van der Waals surface area (Å²) in [5.74, 6) is -0.118. The molecule has 1 aromatic heterocycles. The van der Waals surface area contributed by atoms with Crippen LogP contribution in [0, 0.1) is 0 Å². The number of rotatable bonds is 9. The summed E-state index contributed by atoms with van der Waals surface area (Å²) >= 11 is 0. The fourth-order valence-electron chi connectivity index (χ4n) is 2.91.